The van der Waals surface area contributed by atoms with Crippen LogP contribution in [0.1, 0.15) is 59.2 Å². The first-order valence-electron chi connectivity index (χ1n) is 17.0. The number of carbonyl (C=O) groups is 3. The van der Waals surface area contributed by atoms with Gasteiger partial charge >= 0.3 is 5.97 Å². The van der Waals surface area contributed by atoms with Crippen LogP contribution in [-0.2, 0) is 22.7 Å². The number of carbonyl (C=O) groups excluding carboxylic acids is 2. The van der Waals surface area contributed by atoms with Gasteiger partial charge in [0.15, 0.2) is 11.5 Å². The van der Waals surface area contributed by atoms with Crippen LogP contribution < -0.4 is 14.4 Å². The Morgan fingerprint density at radius 2 is 1.79 bits per heavy atom. The molecule has 0 unspecified atom stereocenters. The first-order chi connectivity index (χ1) is 23.0. The fourth-order valence-electron chi connectivity index (χ4n) is 7.46. The summed E-state index contributed by atoms with van der Waals surface area (Å²) < 4.78 is 11.9. The molecule has 0 aromatic heterocycles. The standard InChI is InChI=1S/C38H46N4O6/c1-5-6-17-41(29-12-9-10-26(19-29)24-42(2,3)4)35(43)23-40-22-31(27-14-15-33-34(20-27)48-25-47-33)36(38(45)46)32(40)16-18-39-21-28-11-7-8-13-30(28)37(39)44/h7-15,19-20,31-32,36H,5-6,16-18,21-25H2,1-4H3/p+1/t31-,32+,36-/m1/s1. The molecule has 0 radical (unpaired) electrons. The molecule has 3 aliphatic rings. The number of benzene rings is 3. The number of quaternary nitrogens is 1. The molecule has 2 amide bonds. The average Bonchev–Trinajstić information content (AvgIpc) is 3.75. The van der Waals surface area contributed by atoms with E-state index >= 15 is 0 Å². The minimum absolute atomic E-state index is 0.0371. The highest BCUT2D eigenvalue weighted by Gasteiger charge is 2.48. The molecule has 3 heterocycles. The number of nitrogens with zero attached hydrogens (tertiary/aromatic N) is 4. The average molecular weight is 656 g/mol. The van der Waals surface area contributed by atoms with Gasteiger partial charge in [0.05, 0.1) is 33.6 Å². The molecule has 1 saturated heterocycles. The van der Waals surface area contributed by atoms with Crippen molar-refractivity contribution in [1.29, 1.82) is 0 Å². The highest BCUT2D eigenvalue weighted by molar-refractivity contribution is 5.98. The van der Waals surface area contributed by atoms with Gasteiger partial charge in [0.1, 0.15) is 6.54 Å². The maximum atomic E-state index is 14.3. The molecule has 254 valence electrons. The van der Waals surface area contributed by atoms with Crippen molar-refractivity contribution in [1.82, 2.24) is 9.80 Å². The van der Waals surface area contributed by atoms with Gasteiger partial charge in [-0.25, -0.2) is 0 Å². The molecule has 10 heteroatoms. The van der Waals surface area contributed by atoms with E-state index in [4.69, 9.17) is 9.47 Å². The lowest BCUT2D eigenvalue weighted by atomic mass is 9.84. The Labute approximate surface area is 283 Å². The van der Waals surface area contributed by atoms with Gasteiger partial charge < -0.3 is 28.9 Å². The summed E-state index contributed by atoms with van der Waals surface area (Å²) >= 11 is 0. The zero-order chi connectivity index (χ0) is 34.0. The molecular weight excluding hydrogens is 608 g/mol. The highest BCUT2D eigenvalue weighted by atomic mass is 16.7. The summed E-state index contributed by atoms with van der Waals surface area (Å²) in [6.07, 6.45) is 2.22. The van der Waals surface area contributed by atoms with Crippen molar-refractivity contribution in [3.05, 3.63) is 89.0 Å². The Morgan fingerprint density at radius 1 is 1.00 bits per heavy atom. The summed E-state index contributed by atoms with van der Waals surface area (Å²) in [7, 11) is 6.43. The van der Waals surface area contributed by atoms with E-state index in [0.29, 0.717) is 49.7 Å². The molecule has 48 heavy (non-hydrogen) atoms. The largest absolute Gasteiger partial charge is 0.481 e. The number of rotatable bonds is 13. The number of hydrogen-bond acceptors (Lipinski definition) is 6. The van der Waals surface area contributed by atoms with Crippen molar-refractivity contribution >= 4 is 23.5 Å². The van der Waals surface area contributed by atoms with E-state index in [1.165, 1.54) is 0 Å². The van der Waals surface area contributed by atoms with Gasteiger partial charge in [-0.05, 0) is 54.3 Å². The van der Waals surface area contributed by atoms with Crippen molar-refractivity contribution in [2.75, 3.05) is 59.0 Å². The normalized spacial score (nSPS) is 20.3. The van der Waals surface area contributed by atoms with E-state index < -0.39 is 17.9 Å². The number of unbranched alkanes of at least 4 members (excludes halogenated alkanes) is 1. The summed E-state index contributed by atoms with van der Waals surface area (Å²) in [4.78, 5) is 46.3. The first-order valence-corrected chi connectivity index (χ1v) is 17.0. The van der Waals surface area contributed by atoms with Crippen LogP contribution in [0.25, 0.3) is 0 Å². The summed E-state index contributed by atoms with van der Waals surface area (Å²) in [6.45, 7) is 5.01. The molecule has 3 aromatic rings. The molecule has 1 fully saturated rings. The van der Waals surface area contributed by atoms with Gasteiger partial charge in [-0.15, -0.1) is 0 Å². The summed E-state index contributed by atoms with van der Waals surface area (Å²) in [5.41, 5.74) is 4.53. The van der Waals surface area contributed by atoms with Gasteiger partial charge in [0.2, 0.25) is 12.7 Å². The predicted octanol–water partition coefficient (Wildman–Crippen LogP) is 4.97. The second-order valence-corrected chi connectivity index (χ2v) is 14.3. The van der Waals surface area contributed by atoms with E-state index in [2.05, 4.69) is 40.2 Å². The van der Waals surface area contributed by atoms with Crippen LogP contribution >= 0.6 is 0 Å². The number of fused-ring (bicyclic) bond motifs is 2. The SMILES string of the molecule is CCCCN(C(=O)CN1C[C@H](c2ccc3c(c2)OCO3)[C@@H](C(=O)O)[C@@H]1CCN1Cc2ccccc2C1=O)c1cccc(C[N+](C)(C)C)c1. The van der Waals surface area contributed by atoms with Crippen LogP contribution in [0.3, 0.4) is 0 Å². The van der Waals surface area contributed by atoms with Gasteiger partial charge in [0, 0.05) is 55.0 Å². The van der Waals surface area contributed by atoms with Crippen LogP contribution in [0.15, 0.2) is 66.7 Å². The number of anilines is 1. The molecule has 6 rings (SSSR count). The van der Waals surface area contributed by atoms with E-state index in [0.717, 1.165) is 46.2 Å². The van der Waals surface area contributed by atoms with Crippen molar-refractivity contribution < 1.29 is 33.4 Å². The molecule has 3 aromatic carbocycles. The number of aliphatic carboxylic acids is 1. The molecule has 10 nitrogen and oxygen atoms in total. The van der Waals surface area contributed by atoms with Crippen molar-refractivity contribution in [2.24, 2.45) is 5.92 Å². The van der Waals surface area contributed by atoms with Gasteiger partial charge in [0.25, 0.3) is 5.91 Å². The second kappa shape index (κ2) is 14.0. The van der Waals surface area contributed by atoms with E-state index in [1.807, 2.05) is 64.4 Å². The van der Waals surface area contributed by atoms with Crippen LogP contribution in [0.5, 0.6) is 11.5 Å². The molecule has 0 spiro atoms. The number of hydrogen-bond donors (Lipinski definition) is 1. The third-order valence-corrected chi connectivity index (χ3v) is 9.70. The number of amides is 2. The Balaban J connectivity index is 1.28. The van der Waals surface area contributed by atoms with Crippen LogP contribution in [0, 0.1) is 5.92 Å². The molecule has 3 aliphatic heterocycles. The van der Waals surface area contributed by atoms with Crippen LogP contribution in [0.4, 0.5) is 5.69 Å². The molecule has 0 aliphatic carbocycles. The van der Waals surface area contributed by atoms with E-state index in [1.54, 1.807) is 4.90 Å². The third-order valence-electron chi connectivity index (χ3n) is 9.70. The fraction of sp³-hybridized carbons (Fsp3) is 0.447. The van der Waals surface area contributed by atoms with Gasteiger partial charge in [-0.2, -0.15) is 0 Å². The summed E-state index contributed by atoms with van der Waals surface area (Å²) in [5, 5.41) is 10.7. The number of likely N-dealkylation sites (tertiary alicyclic amines) is 1. The molecule has 0 saturated carbocycles. The van der Waals surface area contributed by atoms with E-state index in [-0.39, 0.29) is 31.1 Å². The second-order valence-electron chi connectivity index (χ2n) is 14.3. The minimum Gasteiger partial charge on any atom is -0.481 e. The lowest BCUT2D eigenvalue weighted by Gasteiger charge is -2.31. The van der Waals surface area contributed by atoms with Gasteiger partial charge in [-0.3, -0.25) is 19.3 Å². The topological polar surface area (TPSA) is 99.6 Å². The smallest absolute Gasteiger partial charge is 0.308 e. The Hall–Kier alpha value is -4.41. The number of carboxylic acid groups (broad SMARTS) is 1. The maximum Gasteiger partial charge on any atom is 0.308 e. The zero-order valence-electron chi connectivity index (χ0n) is 28.4. The Bertz CT molecular complexity index is 1670. The van der Waals surface area contributed by atoms with Gasteiger partial charge in [-0.1, -0.05) is 49.7 Å². The highest BCUT2D eigenvalue weighted by Crippen LogP contribution is 2.43. The lowest BCUT2D eigenvalue weighted by Crippen LogP contribution is -2.45. The third kappa shape index (κ3) is 7.19. The lowest BCUT2D eigenvalue weighted by molar-refractivity contribution is -0.884. The minimum atomic E-state index is -0.913. The first kappa shape index (κ1) is 33.5. The molecule has 1 N–H and O–H groups in total. The van der Waals surface area contributed by atoms with Crippen LogP contribution in [0.2, 0.25) is 0 Å². The van der Waals surface area contributed by atoms with Crippen molar-refractivity contribution in [3.8, 4) is 11.5 Å². The zero-order valence-corrected chi connectivity index (χ0v) is 28.4. The summed E-state index contributed by atoms with van der Waals surface area (Å²) in [5.74, 6) is -0.931. The number of carboxylic acids is 1. The quantitative estimate of drug-likeness (QED) is 0.260. The maximum absolute atomic E-state index is 14.3. The Morgan fingerprint density at radius 3 is 2.54 bits per heavy atom. The van der Waals surface area contributed by atoms with Crippen LogP contribution in [-0.4, -0.2) is 97.3 Å². The van der Waals surface area contributed by atoms with E-state index in [9.17, 15) is 19.5 Å². The fourth-order valence-corrected chi connectivity index (χ4v) is 7.46. The van der Waals surface area contributed by atoms with Crippen molar-refractivity contribution in [3.63, 3.8) is 0 Å². The summed E-state index contributed by atoms with van der Waals surface area (Å²) in [6, 6.07) is 20.9. The molecule has 3 atom stereocenters. The van der Waals surface area contributed by atoms with Crippen molar-refractivity contribution in [2.45, 2.75) is 51.2 Å². The number of ether oxygens (including phenoxy) is 2. The predicted molar refractivity (Wildman–Crippen MR) is 183 cm³/mol. The molecular formula is C38H47N4O6+. The monoisotopic (exact) mass is 655 g/mol. The molecule has 0 bridgehead atoms. The Kier molecular flexibility index (Phi) is 9.75.